The molecule has 0 unspecified atom stereocenters. The summed E-state index contributed by atoms with van der Waals surface area (Å²) in [6.07, 6.45) is 0. The number of amides is 1. The van der Waals surface area contributed by atoms with E-state index in [0.717, 1.165) is 6.07 Å². The Morgan fingerprint density at radius 2 is 1.76 bits per heavy atom. The maximum atomic E-state index is 12.2. The van der Waals surface area contributed by atoms with Gasteiger partial charge in [-0.3, -0.25) is 4.79 Å². The lowest BCUT2D eigenvalue weighted by Crippen LogP contribution is -2.34. The molecule has 0 aliphatic rings. The number of hydrogen-bond donors (Lipinski definition) is 3. The number of benzene rings is 1. The summed E-state index contributed by atoms with van der Waals surface area (Å²) >= 11 is 0. The minimum absolute atomic E-state index is 0.0254. The van der Waals surface area contributed by atoms with Gasteiger partial charge in [-0.2, -0.15) is 0 Å². The molecule has 8 heteroatoms. The number of aromatic carboxylic acids is 1. The van der Waals surface area contributed by atoms with E-state index in [9.17, 15) is 18.0 Å². The zero-order chi connectivity index (χ0) is 16.2. The highest BCUT2D eigenvalue weighted by molar-refractivity contribution is 7.89. The van der Waals surface area contributed by atoms with E-state index in [2.05, 4.69) is 10.0 Å². The Bertz CT molecular complexity index is 667. The van der Waals surface area contributed by atoms with Crippen LogP contribution in [0.5, 0.6) is 0 Å². The number of carbonyl (C=O) groups is 2. The number of rotatable bonds is 6. The molecule has 0 radical (unpaired) electrons. The molecule has 0 aromatic heterocycles. The van der Waals surface area contributed by atoms with Crippen molar-refractivity contribution in [2.24, 2.45) is 0 Å². The fraction of sp³-hybridized carbons (Fsp3) is 0.385. The molecular formula is C13H18N2O5S. The van der Waals surface area contributed by atoms with Crippen LogP contribution in [0, 0.1) is 13.8 Å². The van der Waals surface area contributed by atoms with E-state index in [1.807, 2.05) is 0 Å². The number of carboxylic acid groups (broad SMARTS) is 1. The highest BCUT2D eigenvalue weighted by Gasteiger charge is 2.20. The minimum Gasteiger partial charge on any atom is -0.478 e. The number of sulfonamides is 1. The van der Waals surface area contributed by atoms with Gasteiger partial charge in [-0.05, 0) is 31.0 Å². The smallest absolute Gasteiger partial charge is 0.335 e. The van der Waals surface area contributed by atoms with Crippen LogP contribution in [0.1, 0.15) is 28.4 Å². The molecule has 0 saturated heterocycles. The van der Waals surface area contributed by atoms with E-state index in [1.165, 1.54) is 13.0 Å². The molecule has 1 aromatic carbocycles. The van der Waals surface area contributed by atoms with Crippen LogP contribution in [0.25, 0.3) is 0 Å². The summed E-state index contributed by atoms with van der Waals surface area (Å²) < 4.78 is 26.7. The molecule has 0 fully saturated rings. The normalized spacial score (nSPS) is 11.2. The quantitative estimate of drug-likeness (QED) is 0.659. The second-order valence-electron chi connectivity index (χ2n) is 4.62. The molecule has 7 nitrogen and oxygen atoms in total. The van der Waals surface area contributed by atoms with Crippen LogP contribution < -0.4 is 10.0 Å². The Morgan fingerprint density at radius 3 is 2.29 bits per heavy atom. The lowest BCUT2D eigenvalue weighted by molar-refractivity contribution is -0.118. The predicted molar refractivity (Wildman–Crippen MR) is 76.7 cm³/mol. The van der Waals surface area contributed by atoms with Crippen LogP contribution in [-0.2, 0) is 14.8 Å². The Morgan fingerprint density at radius 1 is 1.14 bits per heavy atom. The third kappa shape index (κ3) is 4.54. The van der Waals surface area contributed by atoms with Crippen molar-refractivity contribution in [1.82, 2.24) is 10.0 Å². The van der Waals surface area contributed by atoms with Gasteiger partial charge in [0.05, 0.1) is 10.5 Å². The summed E-state index contributed by atoms with van der Waals surface area (Å²) in [7, 11) is -3.83. The highest BCUT2D eigenvalue weighted by atomic mass is 32.2. The van der Waals surface area contributed by atoms with Gasteiger partial charge in [0.15, 0.2) is 0 Å². The topological polar surface area (TPSA) is 113 Å². The van der Waals surface area contributed by atoms with E-state index < -0.39 is 16.0 Å². The van der Waals surface area contributed by atoms with Gasteiger partial charge in [0.25, 0.3) is 0 Å². The number of hydrogen-bond acceptors (Lipinski definition) is 4. The fourth-order valence-electron chi connectivity index (χ4n) is 1.85. The summed E-state index contributed by atoms with van der Waals surface area (Å²) in [6.45, 7) is 4.72. The van der Waals surface area contributed by atoms with Crippen molar-refractivity contribution in [1.29, 1.82) is 0 Å². The number of carboxylic acids is 1. The first kappa shape index (κ1) is 17.1. The third-order valence-electron chi connectivity index (χ3n) is 2.83. The number of nitrogens with one attached hydrogen (secondary N) is 2. The Labute approximate surface area is 123 Å². The standard InChI is InChI=1S/C13H18N2O5S/c1-8-6-9(2)12(7-11(8)13(17)18)21(19,20)15-5-4-14-10(3)16/h6-7,15H,4-5H2,1-3H3,(H,14,16)(H,17,18). The number of carbonyl (C=O) groups excluding carboxylic acids is 1. The molecule has 1 amide bonds. The van der Waals surface area contributed by atoms with Crippen molar-refractivity contribution in [3.8, 4) is 0 Å². The molecule has 0 saturated carbocycles. The second-order valence-corrected chi connectivity index (χ2v) is 6.35. The zero-order valence-electron chi connectivity index (χ0n) is 12.1. The van der Waals surface area contributed by atoms with E-state index in [4.69, 9.17) is 5.11 Å². The molecular weight excluding hydrogens is 296 g/mol. The molecule has 0 aliphatic heterocycles. The summed E-state index contributed by atoms with van der Waals surface area (Å²) in [4.78, 5) is 21.7. The van der Waals surface area contributed by atoms with Crippen molar-refractivity contribution in [2.75, 3.05) is 13.1 Å². The maximum absolute atomic E-state index is 12.2. The van der Waals surface area contributed by atoms with Gasteiger partial charge in [-0.15, -0.1) is 0 Å². The highest BCUT2D eigenvalue weighted by Crippen LogP contribution is 2.20. The van der Waals surface area contributed by atoms with E-state index in [1.54, 1.807) is 13.8 Å². The molecule has 0 spiro atoms. The molecule has 1 aromatic rings. The molecule has 3 N–H and O–H groups in total. The lowest BCUT2D eigenvalue weighted by Gasteiger charge is -2.12. The van der Waals surface area contributed by atoms with Gasteiger partial charge in [0.2, 0.25) is 15.9 Å². The zero-order valence-corrected chi connectivity index (χ0v) is 12.9. The predicted octanol–water partition coefficient (Wildman–Crippen LogP) is 0.416. The van der Waals surface area contributed by atoms with Gasteiger partial charge >= 0.3 is 5.97 Å². The molecule has 1 rings (SSSR count). The van der Waals surface area contributed by atoms with Gasteiger partial charge < -0.3 is 10.4 Å². The minimum atomic E-state index is -3.83. The average molecular weight is 314 g/mol. The van der Waals surface area contributed by atoms with Crippen LogP contribution in [0.3, 0.4) is 0 Å². The van der Waals surface area contributed by atoms with Gasteiger partial charge in [-0.25, -0.2) is 17.9 Å². The van der Waals surface area contributed by atoms with Crippen LogP contribution in [0.4, 0.5) is 0 Å². The van der Waals surface area contributed by atoms with Crippen molar-refractivity contribution < 1.29 is 23.1 Å². The summed E-state index contributed by atoms with van der Waals surface area (Å²) in [5, 5.41) is 11.5. The fourth-order valence-corrected chi connectivity index (χ4v) is 3.14. The molecule has 21 heavy (non-hydrogen) atoms. The van der Waals surface area contributed by atoms with Crippen molar-refractivity contribution >= 4 is 21.9 Å². The molecule has 0 atom stereocenters. The first-order valence-corrected chi connectivity index (χ1v) is 7.72. The maximum Gasteiger partial charge on any atom is 0.335 e. The van der Waals surface area contributed by atoms with Crippen LogP contribution in [-0.4, -0.2) is 38.5 Å². The van der Waals surface area contributed by atoms with Crippen molar-refractivity contribution in [3.63, 3.8) is 0 Å². The SMILES string of the molecule is CC(=O)NCCNS(=O)(=O)c1cc(C(=O)O)c(C)cc1C. The Hall–Kier alpha value is -1.93. The van der Waals surface area contributed by atoms with Gasteiger partial charge in [0, 0.05) is 20.0 Å². The van der Waals surface area contributed by atoms with Gasteiger partial charge in [0.1, 0.15) is 0 Å². The summed E-state index contributed by atoms with van der Waals surface area (Å²) in [6, 6.07) is 2.67. The molecule has 0 bridgehead atoms. The van der Waals surface area contributed by atoms with Gasteiger partial charge in [-0.1, -0.05) is 6.07 Å². The number of aryl methyl sites for hydroxylation is 2. The van der Waals surface area contributed by atoms with E-state index in [-0.39, 0.29) is 29.5 Å². The largest absolute Gasteiger partial charge is 0.478 e. The van der Waals surface area contributed by atoms with Crippen LogP contribution in [0.2, 0.25) is 0 Å². The van der Waals surface area contributed by atoms with Crippen LogP contribution in [0.15, 0.2) is 17.0 Å². The third-order valence-corrected chi connectivity index (χ3v) is 4.44. The lowest BCUT2D eigenvalue weighted by atomic mass is 10.1. The van der Waals surface area contributed by atoms with Crippen molar-refractivity contribution in [3.05, 3.63) is 28.8 Å². The average Bonchev–Trinajstić information content (AvgIpc) is 2.33. The molecule has 0 heterocycles. The monoisotopic (exact) mass is 314 g/mol. The summed E-state index contributed by atoms with van der Waals surface area (Å²) in [5.74, 6) is -1.43. The van der Waals surface area contributed by atoms with E-state index >= 15 is 0 Å². The first-order valence-electron chi connectivity index (χ1n) is 6.24. The van der Waals surface area contributed by atoms with Crippen LogP contribution >= 0.6 is 0 Å². The summed E-state index contributed by atoms with van der Waals surface area (Å²) in [5.41, 5.74) is 0.907. The molecule has 116 valence electrons. The first-order chi connectivity index (χ1) is 9.65. The van der Waals surface area contributed by atoms with Crippen molar-refractivity contribution in [2.45, 2.75) is 25.7 Å². The Balaban J connectivity index is 3.00. The Kier molecular flexibility index (Phi) is 5.45. The molecule has 0 aliphatic carbocycles. The van der Waals surface area contributed by atoms with E-state index in [0.29, 0.717) is 11.1 Å². The second kappa shape index (κ2) is 6.68.